The van der Waals surface area contributed by atoms with Crippen molar-refractivity contribution in [1.29, 1.82) is 0 Å². The van der Waals surface area contributed by atoms with Crippen LogP contribution >= 0.6 is 0 Å². The molecule has 0 amide bonds. The second kappa shape index (κ2) is 9.89. The summed E-state index contributed by atoms with van der Waals surface area (Å²) in [5.41, 5.74) is 10.4. The van der Waals surface area contributed by atoms with E-state index < -0.39 is 0 Å². The van der Waals surface area contributed by atoms with Gasteiger partial charge in [0.1, 0.15) is 16.7 Å². The van der Waals surface area contributed by atoms with Crippen LogP contribution in [0, 0.1) is 0 Å². The van der Waals surface area contributed by atoms with Gasteiger partial charge in [0.25, 0.3) is 0 Å². The van der Waals surface area contributed by atoms with Gasteiger partial charge in [-0.05, 0) is 48.5 Å². The normalized spacial score (nSPS) is 12.1. The molecule has 228 valence electrons. The van der Waals surface area contributed by atoms with Crippen LogP contribution in [0.1, 0.15) is 0 Å². The van der Waals surface area contributed by atoms with Crippen molar-refractivity contribution in [2.45, 2.75) is 0 Å². The van der Waals surface area contributed by atoms with E-state index in [1.54, 1.807) is 0 Å². The maximum atomic E-state index is 6.75. The van der Waals surface area contributed by atoms with Gasteiger partial charge in [0.15, 0.2) is 11.4 Å². The van der Waals surface area contributed by atoms with Gasteiger partial charge in [-0.3, -0.25) is 0 Å². The van der Waals surface area contributed by atoms with Crippen LogP contribution in [0.5, 0.6) is 0 Å². The molecule has 49 heavy (non-hydrogen) atoms. The minimum Gasteiger partial charge on any atom is -0.455 e. The second-order valence-corrected chi connectivity index (χ2v) is 12.5. The lowest BCUT2D eigenvalue weighted by Crippen LogP contribution is -1.97. The van der Waals surface area contributed by atoms with Crippen LogP contribution in [0.15, 0.2) is 160 Å². The fourth-order valence-corrected chi connectivity index (χ4v) is 7.66. The molecular weight excluding hydrogens is 603 g/mol. The molecule has 0 aliphatic heterocycles. The molecule has 11 aromatic rings. The highest BCUT2D eigenvalue weighted by Gasteiger charge is 2.26. The average molecular weight is 628 g/mol. The van der Waals surface area contributed by atoms with Crippen LogP contribution in [0.3, 0.4) is 0 Å². The molecule has 4 heterocycles. The van der Waals surface area contributed by atoms with E-state index in [9.17, 15) is 0 Å². The number of hydrogen-bond acceptors (Lipinski definition) is 4. The number of hydrogen-bond donors (Lipinski definition) is 0. The zero-order chi connectivity index (χ0) is 32.1. The van der Waals surface area contributed by atoms with Crippen molar-refractivity contribution in [2.75, 3.05) is 0 Å². The van der Waals surface area contributed by atoms with E-state index in [4.69, 9.17) is 18.8 Å². The Kier molecular flexibility index (Phi) is 5.32. The van der Waals surface area contributed by atoms with Crippen molar-refractivity contribution in [1.82, 2.24) is 14.5 Å². The molecule has 0 saturated carbocycles. The fraction of sp³-hybridized carbons (Fsp3) is 0. The van der Waals surface area contributed by atoms with Gasteiger partial charge in [0.05, 0.1) is 27.6 Å². The first kappa shape index (κ1) is 26.4. The van der Waals surface area contributed by atoms with Crippen LogP contribution < -0.4 is 0 Å². The maximum Gasteiger partial charge on any atom is 0.163 e. The number of para-hydroxylation sites is 4. The van der Waals surface area contributed by atoms with Crippen LogP contribution in [-0.4, -0.2) is 14.5 Å². The molecule has 5 heteroatoms. The summed E-state index contributed by atoms with van der Waals surface area (Å²) in [5.74, 6) is 0.692. The lowest BCUT2D eigenvalue weighted by molar-refractivity contribution is 0.664. The first-order valence-electron chi connectivity index (χ1n) is 16.4. The molecule has 0 aliphatic rings. The van der Waals surface area contributed by atoms with Crippen molar-refractivity contribution in [3.05, 3.63) is 152 Å². The van der Waals surface area contributed by atoms with Gasteiger partial charge in [0.2, 0.25) is 0 Å². The Labute approximate surface area is 279 Å². The average Bonchev–Trinajstić information content (AvgIpc) is 3.85. The first-order chi connectivity index (χ1) is 24.3. The van der Waals surface area contributed by atoms with Crippen molar-refractivity contribution in [2.24, 2.45) is 0 Å². The van der Waals surface area contributed by atoms with E-state index in [0.29, 0.717) is 5.82 Å². The van der Waals surface area contributed by atoms with E-state index in [2.05, 4.69) is 102 Å². The van der Waals surface area contributed by atoms with Crippen molar-refractivity contribution < 1.29 is 8.83 Å². The van der Waals surface area contributed by atoms with E-state index in [-0.39, 0.29) is 0 Å². The maximum absolute atomic E-state index is 6.75. The molecule has 4 aromatic heterocycles. The molecule has 11 rings (SSSR count). The molecular formula is C44H25N3O2. The van der Waals surface area contributed by atoms with E-state index in [1.807, 2.05) is 54.6 Å². The Morgan fingerprint density at radius 2 is 1.04 bits per heavy atom. The SMILES string of the molecule is c1ccc(-c2nc(-c3ccc(-n4c5ccccc5c5c6c7ccccc7oc6c6c7ccccc7oc6c54)cc3)nc3ccccc23)cc1. The van der Waals surface area contributed by atoms with Crippen LogP contribution in [-0.2, 0) is 0 Å². The third kappa shape index (κ3) is 3.70. The molecule has 0 atom stereocenters. The van der Waals surface area contributed by atoms with Crippen molar-refractivity contribution in [3.8, 4) is 28.3 Å². The summed E-state index contributed by atoms with van der Waals surface area (Å²) >= 11 is 0. The molecule has 0 N–H and O–H groups in total. The number of aromatic nitrogens is 3. The third-order valence-electron chi connectivity index (χ3n) is 9.79. The topological polar surface area (TPSA) is 57.0 Å². The summed E-state index contributed by atoms with van der Waals surface area (Å²) in [4.78, 5) is 10.1. The number of fused-ring (bicyclic) bond motifs is 13. The molecule has 0 aliphatic carbocycles. The summed E-state index contributed by atoms with van der Waals surface area (Å²) in [6.45, 7) is 0. The quantitative estimate of drug-likeness (QED) is 0.196. The van der Waals surface area contributed by atoms with Gasteiger partial charge in [-0.2, -0.15) is 0 Å². The molecule has 5 nitrogen and oxygen atoms in total. The van der Waals surface area contributed by atoms with Gasteiger partial charge in [-0.25, -0.2) is 9.97 Å². The Morgan fingerprint density at radius 1 is 0.429 bits per heavy atom. The van der Waals surface area contributed by atoms with Crippen LogP contribution in [0.2, 0.25) is 0 Å². The Hall–Kier alpha value is -6.72. The standard InChI is InChI=1S/C44H25N3O2/c1-2-12-26(13-3-1)40-29-14-4-8-18-33(29)45-44(46-40)27-22-24-28(25-23-27)47-34-19-9-5-15-30(34)37-38-31-16-6-10-20-35(31)48-42(38)39-32-17-7-11-21-36(32)49-43(39)41(37)47/h1-25H. The zero-order valence-electron chi connectivity index (χ0n) is 26.1. The number of furan rings is 2. The minimum absolute atomic E-state index is 0.692. The summed E-state index contributed by atoms with van der Waals surface area (Å²) in [7, 11) is 0. The summed E-state index contributed by atoms with van der Waals surface area (Å²) in [6.07, 6.45) is 0. The Balaban J connectivity index is 1.20. The highest BCUT2D eigenvalue weighted by atomic mass is 16.3. The molecule has 0 spiro atoms. The minimum atomic E-state index is 0.692. The van der Waals surface area contributed by atoms with Gasteiger partial charge in [-0.1, -0.05) is 103 Å². The zero-order valence-corrected chi connectivity index (χ0v) is 26.1. The predicted molar refractivity (Wildman–Crippen MR) is 199 cm³/mol. The van der Waals surface area contributed by atoms with Crippen LogP contribution in [0.25, 0.3) is 105 Å². The Bertz CT molecular complexity index is 3090. The molecule has 0 bridgehead atoms. The van der Waals surface area contributed by atoms with Crippen molar-refractivity contribution in [3.63, 3.8) is 0 Å². The van der Waals surface area contributed by atoms with Gasteiger partial charge < -0.3 is 13.4 Å². The van der Waals surface area contributed by atoms with Crippen molar-refractivity contribution >= 4 is 76.6 Å². The van der Waals surface area contributed by atoms with E-state index in [1.165, 1.54) is 0 Å². The smallest absolute Gasteiger partial charge is 0.163 e. The third-order valence-corrected chi connectivity index (χ3v) is 9.79. The fourth-order valence-electron chi connectivity index (χ4n) is 7.66. The van der Waals surface area contributed by atoms with E-state index in [0.717, 1.165) is 99.1 Å². The highest BCUT2D eigenvalue weighted by Crippen LogP contribution is 2.48. The summed E-state index contributed by atoms with van der Waals surface area (Å²) < 4.78 is 15.7. The number of nitrogens with zero attached hydrogens (tertiary/aromatic N) is 3. The first-order valence-corrected chi connectivity index (χ1v) is 16.4. The molecule has 7 aromatic carbocycles. The number of rotatable bonds is 3. The monoisotopic (exact) mass is 627 g/mol. The van der Waals surface area contributed by atoms with Gasteiger partial charge in [-0.15, -0.1) is 0 Å². The lowest BCUT2D eigenvalue weighted by Gasteiger charge is -2.11. The Morgan fingerprint density at radius 3 is 1.82 bits per heavy atom. The molecule has 0 fully saturated rings. The van der Waals surface area contributed by atoms with E-state index >= 15 is 0 Å². The highest BCUT2D eigenvalue weighted by molar-refractivity contribution is 6.38. The summed E-state index contributed by atoms with van der Waals surface area (Å²) in [6, 6.07) is 52.2. The van der Waals surface area contributed by atoms with Gasteiger partial charge >= 0.3 is 0 Å². The molecule has 0 radical (unpaired) electrons. The largest absolute Gasteiger partial charge is 0.455 e. The van der Waals surface area contributed by atoms with Crippen LogP contribution in [0.4, 0.5) is 0 Å². The number of benzene rings is 7. The van der Waals surface area contributed by atoms with Gasteiger partial charge in [0, 0.05) is 49.1 Å². The summed E-state index contributed by atoms with van der Waals surface area (Å²) in [5, 5.41) is 7.53. The molecule has 0 saturated heterocycles. The lowest BCUT2D eigenvalue weighted by atomic mass is 10.0. The second-order valence-electron chi connectivity index (χ2n) is 12.5. The molecule has 0 unspecified atom stereocenters. The predicted octanol–water partition coefficient (Wildman–Crippen LogP) is 11.9.